The van der Waals surface area contributed by atoms with Gasteiger partial charge in [0, 0.05) is 6.54 Å². The van der Waals surface area contributed by atoms with Crippen molar-refractivity contribution in [2.75, 3.05) is 13.6 Å². The maximum atomic E-state index is 3.74. The van der Waals surface area contributed by atoms with E-state index in [0.717, 1.165) is 12.1 Å². The highest BCUT2D eigenvalue weighted by Gasteiger charge is 1.69. The molecule has 0 aliphatic carbocycles. The summed E-state index contributed by atoms with van der Waals surface area (Å²) in [6.45, 7) is 6.63. The minimum absolute atomic E-state index is 0.917. The van der Waals surface area contributed by atoms with Gasteiger partial charge in [0.05, 0.1) is 0 Å². The molecule has 0 aliphatic heterocycles. The summed E-state index contributed by atoms with van der Waals surface area (Å²) >= 11 is 0. The Balaban J connectivity index is 3.42. The third-order valence-electron chi connectivity index (χ3n) is 0.950. The minimum Gasteiger partial charge on any atom is -0.316 e. The maximum Gasteiger partial charge on any atom is 0.0134 e. The van der Waals surface area contributed by atoms with E-state index in [1.807, 2.05) is 32.2 Å². The van der Waals surface area contributed by atoms with Crippen LogP contribution in [0.4, 0.5) is 0 Å². The molecular weight excluding hydrogens is 122 g/mol. The van der Waals surface area contributed by atoms with Crippen LogP contribution in [0, 0.1) is 0 Å². The van der Waals surface area contributed by atoms with Crippen molar-refractivity contribution in [3.8, 4) is 0 Å². The molecule has 0 aromatic carbocycles. The molecule has 0 atom stereocenters. The zero-order chi connectivity index (χ0) is 7.82. The minimum atomic E-state index is 0.917. The molecule has 10 heavy (non-hydrogen) atoms. The molecule has 1 N–H and O–H groups in total. The normalized spacial score (nSPS) is 11.4. The van der Waals surface area contributed by atoms with Crippen LogP contribution < -0.4 is 5.32 Å². The highest BCUT2D eigenvalue weighted by Crippen LogP contribution is 1.88. The molecular formula is C9H15N. The molecule has 0 saturated heterocycles. The van der Waals surface area contributed by atoms with E-state index in [1.54, 1.807) is 0 Å². The van der Waals surface area contributed by atoms with Gasteiger partial charge in [-0.25, -0.2) is 0 Å². The number of allylic oxidation sites excluding steroid dienone is 4. The smallest absolute Gasteiger partial charge is 0.0134 e. The molecule has 0 aromatic rings. The highest BCUT2D eigenvalue weighted by molar-refractivity contribution is 5.16. The van der Waals surface area contributed by atoms with E-state index < -0.39 is 0 Å². The summed E-state index contributed by atoms with van der Waals surface area (Å²) in [4.78, 5) is 0. The van der Waals surface area contributed by atoms with Crippen LogP contribution in [0.15, 0.2) is 36.5 Å². The van der Waals surface area contributed by atoms with E-state index in [-0.39, 0.29) is 0 Å². The number of rotatable bonds is 4. The van der Waals surface area contributed by atoms with Crippen LogP contribution in [0.25, 0.3) is 0 Å². The van der Waals surface area contributed by atoms with Gasteiger partial charge in [-0.2, -0.15) is 0 Å². The fourth-order valence-corrected chi connectivity index (χ4v) is 0.484. The second-order valence-corrected chi connectivity index (χ2v) is 2.19. The first-order chi connectivity index (χ1) is 4.77. The quantitative estimate of drug-likeness (QED) is 0.583. The molecule has 0 heterocycles. The molecule has 0 spiro atoms. The van der Waals surface area contributed by atoms with E-state index in [0.29, 0.717) is 0 Å². The Hall–Kier alpha value is -0.820. The van der Waals surface area contributed by atoms with Crippen molar-refractivity contribution < 1.29 is 0 Å². The van der Waals surface area contributed by atoms with Gasteiger partial charge < -0.3 is 5.32 Å². The van der Waals surface area contributed by atoms with Gasteiger partial charge >= 0.3 is 0 Å². The summed E-state index contributed by atoms with van der Waals surface area (Å²) in [5.41, 5.74) is 1.08. The van der Waals surface area contributed by atoms with E-state index in [1.165, 1.54) is 0 Å². The first-order valence-corrected chi connectivity index (χ1v) is 3.40. The number of likely N-dealkylation sites (N-methyl/N-ethyl adjacent to an activating group) is 1. The van der Waals surface area contributed by atoms with Crippen molar-refractivity contribution in [3.05, 3.63) is 36.5 Å². The van der Waals surface area contributed by atoms with Crippen molar-refractivity contribution in [1.29, 1.82) is 0 Å². The number of hydrogen-bond donors (Lipinski definition) is 1. The number of nitrogens with one attached hydrogen (secondary N) is 1. The van der Waals surface area contributed by atoms with E-state index >= 15 is 0 Å². The predicted octanol–water partition coefficient (Wildman–Crippen LogP) is 1.89. The standard InChI is InChI=1S/C9H15N/c1-9(2)7-5-4-6-8-10-3/h4-7,10H,1,8H2,2-3H3/b6-4-,7-5-. The van der Waals surface area contributed by atoms with E-state index in [2.05, 4.69) is 18.0 Å². The Morgan fingerprint density at radius 3 is 2.70 bits per heavy atom. The van der Waals surface area contributed by atoms with Gasteiger partial charge in [0.2, 0.25) is 0 Å². The molecule has 0 unspecified atom stereocenters. The highest BCUT2D eigenvalue weighted by atomic mass is 14.8. The van der Waals surface area contributed by atoms with Gasteiger partial charge in [0.1, 0.15) is 0 Å². The fraction of sp³-hybridized carbons (Fsp3) is 0.333. The van der Waals surface area contributed by atoms with Gasteiger partial charge in [-0.15, -0.1) is 0 Å². The van der Waals surface area contributed by atoms with Crippen LogP contribution in [0.2, 0.25) is 0 Å². The SMILES string of the molecule is C=C(C)/C=C\C=C/CNC. The number of hydrogen-bond acceptors (Lipinski definition) is 1. The molecule has 0 fully saturated rings. The van der Waals surface area contributed by atoms with Gasteiger partial charge in [-0.3, -0.25) is 0 Å². The van der Waals surface area contributed by atoms with Crippen LogP contribution in [-0.4, -0.2) is 13.6 Å². The summed E-state index contributed by atoms with van der Waals surface area (Å²) in [6, 6.07) is 0. The lowest BCUT2D eigenvalue weighted by Gasteiger charge is -1.84. The first kappa shape index (κ1) is 9.18. The van der Waals surface area contributed by atoms with Crippen molar-refractivity contribution in [1.82, 2.24) is 5.32 Å². The Morgan fingerprint density at radius 2 is 2.20 bits per heavy atom. The molecule has 0 aliphatic rings. The molecule has 0 saturated carbocycles. The van der Waals surface area contributed by atoms with Gasteiger partial charge in [-0.05, 0) is 14.0 Å². The van der Waals surface area contributed by atoms with Crippen molar-refractivity contribution in [3.63, 3.8) is 0 Å². The molecule has 0 radical (unpaired) electrons. The second-order valence-electron chi connectivity index (χ2n) is 2.19. The third kappa shape index (κ3) is 7.18. The second kappa shape index (κ2) is 6.30. The molecule has 0 bridgehead atoms. The van der Waals surface area contributed by atoms with Crippen molar-refractivity contribution in [2.24, 2.45) is 0 Å². The predicted molar refractivity (Wildman–Crippen MR) is 47.0 cm³/mol. The van der Waals surface area contributed by atoms with Crippen molar-refractivity contribution >= 4 is 0 Å². The lowest BCUT2D eigenvalue weighted by molar-refractivity contribution is 0.920. The summed E-state index contributed by atoms with van der Waals surface area (Å²) in [7, 11) is 1.92. The molecule has 0 aromatic heterocycles. The van der Waals surface area contributed by atoms with Gasteiger partial charge in [0.25, 0.3) is 0 Å². The Labute approximate surface area is 63.1 Å². The largest absolute Gasteiger partial charge is 0.316 e. The summed E-state index contributed by atoms with van der Waals surface area (Å²) < 4.78 is 0. The van der Waals surface area contributed by atoms with Crippen molar-refractivity contribution in [2.45, 2.75) is 6.92 Å². The van der Waals surface area contributed by atoms with E-state index in [4.69, 9.17) is 0 Å². The zero-order valence-corrected chi connectivity index (χ0v) is 6.72. The van der Waals surface area contributed by atoms with Gasteiger partial charge in [-0.1, -0.05) is 36.5 Å². The lowest BCUT2D eigenvalue weighted by Crippen LogP contribution is -2.03. The topological polar surface area (TPSA) is 12.0 Å². The van der Waals surface area contributed by atoms with Crippen LogP contribution in [0.1, 0.15) is 6.92 Å². The molecule has 1 heteroatoms. The summed E-state index contributed by atoms with van der Waals surface area (Å²) in [5.74, 6) is 0. The van der Waals surface area contributed by atoms with Gasteiger partial charge in [0.15, 0.2) is 0 Å². The zero-order valence-electron chi connectivity index (χ0n) is 6.72. The Bertz CT molecular complexity index is 143. The van der Waals surface area contributed by atoms with E-state index in [9.17, 15) is 0 Å². The average Bonchev–Trinajstić information content (AvgIpc) is 1.87. The monoisotopic (exact) mass is 137 g/mol. The molecule has 0 amide bonds. The average molecular weight is 137 g/mol. The van der Waals surface area contributed by atoms with Crippen LogP contribution in [0.5, 0.6) is 0 Å². The van der Waals surface area contributed by atoms with Crippen LogP contribution in [-0.2, 0) is 0 Å². The summed E-state index contributed by atoms with van der Waals surface area (Å²) in [5, 5.41) is 3.01. The lowest BCUT2D eigenvalue weighted by atomic mass is 10.3. The Kier molecular flexibility index (Phi) is 5.79. The Morgan fingerprint density at radius 1 is 1.50 bits per heavy atom. The summed E-state index contributed by atoms with van der Waals surface area (Å²) in [6.07, 6.45) is 8.02. The third-order valence-corrected chi connectivity index (χ3v) is 0.950. The first-order valence-electron chi connectivity index (χ1n) is 3.40. The van der Waals surface area contributed by atoms with Crippen LogP contribution >= 0.6 is 0 Å². The van der Waals surface area contributed by atoms with Crippen LogP contribution in [0.3, 0.4) is 0 Å². The fourth-order valence-electron chi connectivity index (χ4n) is 0.484. The molecule has 0 rings (SSSR count). The molecule has 1 nitrogen and oxygen atoms in total. The molecule has 56 valence electrons. The maximum absolute atomic E-state index is 3.74.